The Kier molecular flexibility index (Phi) is 8.37. The van der Waals surface area contributed by atoms with Gasteiger partial charge in [-0.2, -0.15) is 15.0 Å². The summed E-state index contributed by atoms with van der Waals surface area (Å²) in [6.45, 7) is 7.71. The van der Waals surface area contributed by atoms with Gasteiger partial charge in [-0.1, -0.05) is 0 Å². The average molecular weight is 299 g/mol. The molecule has 0 bridgehead atoms. The normalized spacial score (nSPS) is 10.5. The van der Waals surface area contributed by atoms with Crippen LogP contribution in [0, 0.1) is 0 Å². The first-order valence-corrected chi connectivity index (χ1v) is 7.13. The van der Waals surface area contributed by atoms with Gasteiger partial charge in [0.05, 0.1) is 19.8 Å². The zero-order chi connectivity index (χ0) is 15.5. The van der Waals surface area contributed by atoms with Crippen LogP contribution >= 0.6 is 0 Å². The quantitative estimate of drug-likeness (QED) is 0.601. The summed E-state index contributed by atoms with van der Waals surface area (Å²) in [5.41, 5.74) is 0. The summed E-state index contributed by atoms with van der Waals surface area (Å²) in [7, 11) is 3.40. The molecule has 0 aliphatic carbocycles. The third-order valence-corrected chi connectivity index (χ3v) is 2.76. The highest BCUT2D eigenvalue weighted by Gasteiger charge is 2.11. The fraction of sp³-hybridized carbons (Fsp3) is 0.769. The van der Waals surface area contributed by atoms with E-state index in [0.717, 1.165) is 13.1 Å². The van der Waals surface area contributed by atoms with E-state index in [4.69, 9.17) is 14.2 Å². The van der Waals surface area contributed by atoms with Crippen LogP contribution in [-0.4, -0.2) is 68.6 Å². The van der Waals surface area contributed by atoms with Crippen LogP contribution in [0.3, 0.4) is 0 Å². The van der Waals surface area contributed by atoms with Crippen LogP contribution in [0.4, 0.5) is 11.9 Å². The van der Waals surface area contributed by atoms with E-state index in [1.165, 1.54) is 0 Å². The first-order valence-electron chi connectivity index (χ1n) is 7.13. The summed E-state index contributed by atoms with van der Waals surface area (Å²) < 4.78 is 15.7. The fourth-order valence-electron chi connectivity index (χ4n) is 1.61. The van der Waals surface area contributed by atoms with Crippen LogP contribution in [0.1, 0.15) is 13.8 Å². The molecule has 0 aliphatic heterocycles. The van der Waals surface area contributed by atoms with Crippen molar-refractivity contribution in [3.63, 3.8) is 0 Å². The molecule has 21 heavy (non-hydrogen) atoms. The zero-order valence-electron chi connectivity index (χ0n) is 13.3. The molecule has 0 saturated carbocycles. The van der Waals surface area contributed by atoms with Gasteiger partial charge in [-0.05, 0) is 13.8 Å². The Bertz CT molecular complexity index is 401. The third kappa shape index (κ3) is 6.09. The van der Waals surface area contributed by atoms with Crippen LogP contribution in [0.5, 0.6) is 6.01 Å². The monoisotopic (exact) mass is 299 g/mol. The van der Waals surface area contributed by atoms with E-state index in [0.29, 0.717) is 44.3 Å². The Labute approximate surface area is 125 Å². The molecule has 0 aliphatic rings. The molecule has 0 fully saturated rings. The zero-order valence-corrected chi connectivity index (χ0v) is 13.3. The summed E-state index contributed by atoms with van der Waals surface area (Å²) in [5, 5.41) is 2.91. The number of anilines is 2. The Morgan fingerprint density at radius 1 is 1.00 bits per heavy atom. The molecule has 1 N–H and O–H groups in total. The van der Waals surface area contributed by atoms with Crippen molar-refractivity contribution in [2.24, 2.45) is 0 Å². The van der Waals surface area contributed by atoms with Crippen molar-refractivity contribution in [2.75, 3.05) is 63.9 Å². The molecule has 0 aromatic carbocycles. The molecule has 0 saturated heterocycles. The number of nitrogens with zero attached hydrogens (tertiary/aromatic N) is 4. The van der Waals surface area contributed by atoms with Crippen LogP contribution in [0.25, 0.3) is 0 Å². The standard InChI is InChI=1S/C13H25N5O3/c1-5-18(6-2)12-15-11(14-3)16-13(17-12)21-10-9-20-8-7-19-4/h5-10H2,1-4H3,(H,14,15,16,17). The highest BCUT2D eigenvalue weighted by molar-refractivity contribution is 5.37. The minimum absolute atomic E-state index is 0.298. The maximum atomic E-state index is 5.51. The lowest BCUT2D eigenvalue weighted by atomic mass is 10.5. The highest BCUT2D eigenvalue weighted by Crippen LogP contribution is 2.14. The largest absolute Gasteiger partial charge is 0.461 e. The van der Waals surface area contributed by atoms with E-state index in [2.05, 4.69) is 34.1 Å². The molecule has 0 radical (unpaired) electrons. The van der Waals surface area contributed by atoms with Gasteiger partial charge in [0.15, 0.2) is 0 Å². The van der Waals surface area contributed by atoms with E-state index >= 15 is 0 Å². The van der Waals surface area contributed by atoms with Crippen molar-refractivity contribution < 1.29 is 14.2 Å². The molecule has 120 valence electrons. The maximum absolute atomic E-state index is 5.51. The smallest absolute Gasteiger partial charge is 0.323 e. The molecule has 1 heterocycles. The Morgan fingerprint density at radius 2 is 1.71 bits per heavy atom. The van der Waals surface area contributed by atoms with Crippen LogP contribution < -0.4 is 15.0 Å². The second kappa shape index (κ2) is 10.1. The van der Waals surface area contributed by atoms with Gasteiger partial charge < -0.3 is 24.4 Å². The van der Waals surface area contributed by atoms with E-state index in [1.54, 1.807) is 14.2 Å². The van der Waals surface area contributed by atoms with Gasteiger partial charge in [-0.15, -0.1) is 0 Å². The van der Waals surface area contributed by atoms with Gasteiger partial charge in [-0.3, -0.25) is 0 Å². The predicted octanol–water partition coefficient (Wildman–Crippen LogP) is 0.801. The van der Waals surface area contributed by atoms with Gasteiger partial charge >= 0.3 is 6.01 Å². The average Bonchev–Trinajstić information content (AvgIpc) is 2.51. The summed E-state index contributed by atoms with van der Waals surface area (Å²) in [6.07, 6.45) is 0. The first kappa shape index (κ1) is 17.4. The van der Waals surface area contributed by atoms with Gasteiger partial charge in [0.25, 0.3) is 0 Å². The number of nitrogens with one attached hydrogen (secondary N) is 1. The van der Waals surface area contributed by atoms with E-state index < -0.39 is 0 Å². The minimum Gasteiger partial charge on any atom is -0.461 e. The van der Waals surface area contributed by atoms with Crippen molar-refractivity contribution in [1.82, 2.24) is 15.0 Å². The second-order valence-corrected chi connectivity index (χ2v) is 4.12. The third-order valence-electron chi connectivity index (χ3n) is 2.76. The van der Waals surface area contributed by atoms with Crippen LogP contribution in [0.15, 0.2) is 0 Å². The SMILES string of the molecule is CCN(CC)c1nc(NC)nc(OCCOCCOC)n1. The molecule has 1 aromatic rings. The van der Waals surface area contributed by atoms with Gasteiger partial charge in [0, 0.05) is 27.2 Å². The van der Waals surface area contributed by atoms with Crippen molar-refractivity contribution in [1.29, 1.82) is 0 Å². The van der Waals surface area contributed by atoms with Crippen LogP contribution in [-0.2, 0) is 9.47 Å². The van der Waals surface area contributed by atoms with Crippen molar-refractivity contribution in [2.45, 2.75) is 13.8 Å². The van der Waals surface area contributed by atoms with E-state index in [1.807, 2.05) is 4.90 Å². The number of hydrogen-bond donors (Lipinski definition) is 1. The lowest BCUT2D eigenvalue weighted by Crippen LogP contribution is -2.25. The number of aromatic nitrogens is 3. The van der Waals surface area contributed by atoms with Crippen molar-refractivity contribution >= 4 is 11.9 Å². The summed E-state index contributed by atoms with van der Waals surface area (Å²) in [4.78, 5) is 14.9. The van der Waals surface area contributed by atoms with E-state index in [-0.39, 0.29) is 0 Å². The molecular formula is C13H25N5O3. The first-order chi connectivity index (χ1) is 10.2. The highest BCUT2D eigenvalue weighted by atomic mass is 16.5. The van der Waals surface area contributed by atoms with Gasteiger partial charge in [0.1, 0.15) is 6.61 Å². The lowest BCUT2D eigenvalue weighted by Gasteiger charge is -2.19. The van der Waals surface area contributed by atoms with Gasteiger partial charge in [-0.25, -0.2) is 0 Å². The molecule has 0 spiro atoms. The maximum Gasteiger partial charge on any atom is 0.323 e. The fourth-order valence-corrected chi connectivity index (χ4v) is 1.61. The van der Waals surface area contributed by atoms with E-state index in [9.17, 15) is 0 Å². The lowest BCUT2D eigenvalue weighted by molar-refractivity contribution is 0.0528. The van der Waals surface area contributed by atoms with Gasteiger partial charge in [0.2, 0.25) is 11.9 Å². The molecule has 8 nitrogen and oxygen atoms in total. The molecule has 1 aromatic heterocycles. The summed E-state index contributed by atoms with van der Waals surface area (Å²) >= 11 is 0. The molecule has 0 unspecified atom stereocenters. The molecule has 8 heteroatoms. The Balaban J connectivity index is 2.58. The molecule has 0 atom stereocenters. The second-order valence-electron chi connectivity index (χ2n) is 4.12. The Morgan fingerprint density at radius 3 is 2.33 bits per heavy atom. The summed E-state index contributed by atoms with van der Waals surface area (Å²) in [6, 6.07) is 0.298. The number of methoxy groups -OCH3 is 1. The predicted molar refractivity (Wildman–Crippen MR) is 81.1 cm³/mol. The molecule has 0 amide bonds. The summed E-state index contributed by atoms with van der Waals surface area (Å²) in [5.74, 6) is 1.09. The number of hydrogen-bond acceptors (Lipinski definition) is 8. The van der Waals surface area contributed by atoms with Crippen LogP contribution in [0.2, 0.25) is 0 Å². The minimum atomic E-state index is 0.298. The topological polar surface area (TPSA) is 81.6 Å². The molecule has 1 rings (SSSR count). The molecular weight excluding hydrogens is 274 g/mol. The number of rotatable bonds is 11. The van der Waals surface area contributed by atoms with Crippen molar-refractivity contribution in [3.8, 4) is 6.01 Å². The number of ether oxygens (including phenoxy) is 3. The Hall–Kier alpha value is -1.67. The van der Waals surface area contributed by atoms with Crippen molar-refractivity contribution in [3.05, 3.63) is 0 Å².